The summed E-state index contributed by atoms with van der Waals surface area (Å²) in [5.74, 6) is 0.197. The van der Waals surface area contributed by atoms with E-state index >= 15 is 0 Å². The molecule has 2 aromatic rings. The summed E-state index contributed by atoms with van der Waals surface area (Å²) in [5, 5.41) is 10.3. The molecule has 1 saturated carbocycles. The smallest absolute Gasteiger partial charge is 0.129 e. The molecule has 0 saturated heterocycles. The van der Waals surface area contributed by atoms with E-state index in [9.17, 15) is 9.50 Å². The van der Waals surface area contributed by atoms with Crippen LogP contribution in [0, 0.1) is 18.7 Å². The number of halogens is 1. The number of rotatable bonds is 3. The molecule has 1 aliphatic carbocycles. The van der Waals surface area contributed by atoms with Gasteiger partial charge < -0.3 is 5.11 Å². The Morgan fingerprint density at radius 1 is 1.16 bits per heavy atom. The fourth-order valence-electron chi connectivity index (χ4n) is 2.75. The van der Waals surface area contributed by atoms with E-state index < -0.39 is 6.10 Å². The molecule has 98 valence electrons. The van der Waals surface area contributed by atoms with E-state index in [-0.39, 0.29) is 11.7 Å². The van der Waals surface area contributed by atoms with Gasteiger partial charge in [0.1, 0.15) is 5.82 Å². The lowest BCUT2D eigenvalue weighted by atomic mass is 10.00. The molecule has 2 aromatic carbocycles. The molecular formula is C17H17FO. The summed E-state index contributed by atoms with van der Waals surface area (Å²) in [5.41, 5.74) is 2.54. The van der Waals surface area contributed by atoms with E-state index in [1.165, 1.54) is 11.6 Å². The molecule has 1 fully saturated rings. The zero-order chi connectivity index (χ0) is 13.4. The summed E-state index contributed by atoms with van der Waals surface area (Å²) >= 11 is 0. The molecule has 2 heteroatoms. The topological polar surface area (TPSA) is 20.2 Å². The van der Waals surface area contributed by atoms with Gasteiger partial charge >= 0.3 is 0 Å². The first-order valence-electron chi connectivity index (χ1n) is 6.66. The second-order valence-corrected chi connectivity index (χ2v) is 5.39. The Labute approximate surface area is 112 Å². The van der Waals surface area contributed by atoms with Gasteiger partial charge in [0.15, 0.2) is 0 Å². The molecule has 0 aliphatic heterocycles. The molecule has 0 aromatic heterocycles. The van der Waals surface area contributed by atoms with Crippen LogP contribution in [0.15, 0.2) is 48.5 Å². The highest BCUT2D eigenvalue weighted by molar-refractivity contribution is 5.31. The molecule has 1 N–H and O–H groups in total. The zero-order valence-electron chi connectivity index (χ0n) is 10.9. The lowest BCUT2D eigenvalue weighted by Crippen LogP contribution is -2.04. The monoisotopic (exact) mass is 256 g/mol. The van der Waals surface area contributed by atoms with Gasteiger partial charge in [-0.25, -0.2) is 4.39 Å². The summed E-state index contributed by atoms with van der Waals surface area (Å²) in [6.45, 7) is 1.85. The second-order valence-electron chi connectivity index (χ2n) is 5.39. The van der Waals surface area contributed by atoms with Crippen molar-refractivity contribution in [1.82, 2.24) is 0 Å². The van der Waals surface area contributed by atoms with Crippen molar-refractivity contribution in [3.63, 3.8) is 0 Å². The van der Waals surface area contributed by atoms with Crippen molar-refractivity contribution >= 4 is 0 Å². The first-order valence-corrected chi connectivity index (χ1v) is 6.66. The van der Waals surface area contributed by atoms with Gasteiger partial charge in [-0.2, -0.15) is 0 Å². The lowest BCUT2D eigenvalue weighted by Gasteiger charge is -2.12. The third-order valence-electron chi connectivity index (χ3n) is 3.95. The van der Waals surface area contributed by atoms with E-state index in [1.54, 1.807) is 6.07 Å². The second kappa shape index (κ2) is 4.78. The highest BCUT2D eigenvalue weighted by atomic mass is 19.1. The van der Waals surface area contributed by atoms with Gasteiger partial charge in [0.05, 0.1) is 6.10 Å². The van der Waals surface area contributed by atoms with Crippen LogP contribution in [0.5, 0.6) is 0 Å². The average Bonchev–Trinajstić information content (AvgIpc) is 3.19. The predicted octanol–water partition coefficient (Wildman–Crippen LogP) is 3.97. The molecule has 3 unspecified atom stereocenters. The van der Waals surface area contributed by atoms with Crippen molar-refractivity contribution in [3.05, 3.63) is 71.0 Å². The molecule has 3 atom stereocenters. The normalized spacial score (nSPS) is 23.1. The van der Waals surface area contributed by atoms with E-state index in [0.717, 1.165) is 12.0 Å². The van der Waals surface area contributed by atoms with Gasteiger partial charge in [0, 0.05) is 5.56 Å². The summed E-state index contributed by atoms with van der Waals surface area (Å²) in [4.78, 5) is 0. The molecule has 0 spiro atoms. The first kappa shape index (κ1) is 12.4. The number of aryl methyl sites for hydroxylation is 1. The molecule has 0 bridgehead atoms. The number of hydrogen-bond acceptors (Lipinski definition) is 1. The van der Waals surface area contributed by atoms with E-state index in [0.29, 0.717) is 11.5 Å². The molecule has 0 heterocycles. The number of benzene rings is 2. The predicted molar refractivity (Wildman–Crippen MR) is 73.4 cm³/mol. The first-order chi connectivity index (χ1) is 9.16. The van der Waals surface area contributed by atoms with Gasteiger partial charge in [0.25, 0.3) is 0 Å². The largest absolute Gasteiger partial charge is 0.388 e. The quantitative estimate of drug-likeness (QED) is 0.881. The molecule has 0 amide bonds. The van der Waals surface area contributed by atoms with Crippen molar-refractivity contribution in [3.8, 4) is 0 Å². The van der Waals surface area contributed by atoms with E-state index in [2.05, 4.69) is 12.1 Å². The highest BCUT2D eigenvalue weighted by Crippen LogP contribution is 2.54. The van der Waals surface area contributed by atoms with Crippen molar-refractivity contribution in [2.45, 2.75) is 25.4 Å². The molecule has 0 radical (unpaired) electrons. The number of aliphatic hydroxyl groups excluding tert-OH is 1. The van der Waals surface area contributed by atoms with Crippen LogP contribution in [0.3, 0.4) is 0 Å². The van der Waals surface area contributed by atoms with Crippen molar-refractivity contribution < 1.29 is 9.50 Å². The number of hydrogen-bond donors (Lipinski definition) is 1. The fourth-order valence-corrected chi connectivity index (χ4v) is 2.75. The Morgan fingerprint density at radius 3 is 2.58 bits per heavy atom. The van der Waals surface area contributed by atoms with Crippen LogP contribution >= 0.6 is 0 Å². The Bertz CT molecular complexity index is 579. The van der Waals surface area contributed by atoms with Crippen LogP contribution < -0.4 is 0 Å². The van der Waals surface area contributed by atoms with Crippen LogP contribution in [0.4, 0.5) is 4.39 Å². The maximum Gasteiger partial charge on any atom is 0.129 e. The Balaban J connectivity index is 1.78. The number of aliphatic hydroxyl groups is 1. The minimum atomic E-state index is -0.703. The zero-order valence-corrected chi connectivity index (χ0v) is 10.9. The summed E-state index contributed by atoms with van der Waals surface area (Å²) in [7, 11) is 0. The molecule has 1 aliphatic rings. The maximum atomic E-state index is 13.9. The van der Waals surface area contributed by atoms with Crippen LogP contribution in [-0.2, 0) is 0 Å². The van der Waals surface area contributed by atoms with Gasteiger partial charge in [-0.15, -0.1) is 0 Å². The maximum absolute atomic E-state index is 13.9. The Hall–Kier alpha value is -1.67. The lowest BCUT2D eigenvalue weighted by molar-refractivity contribution is 0.147. The minimum Gasteiger partial charge on any atom is -0.388 e. The van der Waals surface area contributed by atoms with Gasteiger partial charge in [0.2, 0.25) is 0 Å². The Morgan fingerprint density at radius 2 is 1.89 bits per heavy atom. The summed E-state index contributed by atoms with van der Waals surface area (Å²) in [6.07, 6.45) is 0.226. The van der Waals surface area contributed by atoms with Gasteiger partial charge in [-0.3, -0.25) is 0 Å². The average molecular weight is 256 g/mol. The third-order valence-corrected chi connectivity index (χ3v) is 3.95. The Kier molecular flexibility index (Phi) is 3.11. The van der Waals surface area contributed by atoms with Crippen LogP contribution in [0.25, 0.3) is 0 Å². The minimum absolute atomic E-state index is 0.139. The third kappa shape index (κ3) is 2.41. The highest BCUT2D eigenvalue weighted by Gasteiger charge is 2.44. The molecule has 19 heavy (non-hydrogen) atoms. The van der Waals surface area contributed by atoms with Crippen LogP contribution in [0.2, 0.25) is 0 Å². The van der Waals surface area contributed by atoms with E-state index in [1.807, 2.05) is 31.2 Å². The summed E-state index contributed by atoms with van der Waals surface area (Å²) < 4.78 is 13.9. The molecular weight excluding hydrogens is 239 g/mol. The van der Waals surface area contributed by atoms with Crippen molar-refractivity contribution in [2.75, 3.05) is 0 Å². The molecule has 1 nitrogen and oxygen atoms in total. The summed E-state index contributed by atoms with van der Waals surface area (Å²) in [6, 6.07) is 15.2. The van der Waals surface area contributed by atoms with Gasteiger partial charge in [-0.05, 0) is 42.4 Å². The SMILES string of the molecule is Cc1ccc(C(O)C2CC2c2ccccc2)c(F)c1. The van der Waals surface area contributed by atoms with Gasteiger partial charge in [-0.1, -0.05) is 42.5 Å². The van der Waals surface area contributed by atoms with Crippen LogP contribution in [0.1, 0.15) is 35.1 Å². The fraction of sp³-hybridized carbons (Fsp3) is 0.294. The van der Waals surface area contributed by atoms with E-state index in [4.69, 9.17) is 0 Å². The molecule has 3 rings (SSSR count). The van der Waals surface area contributed by atoms with Crippen LogP contribution in [-0.4, -0.2) is 5.11 Å². The standard InChI is InChI=1S/C17H17FO/c1-11-7-8-13(16(18)9-11)17(19)15-10-14(15)12-5-3-2-4-6-12/h2-9,14-15,17,19H,10H2,1H3. The van der Waals surface area contributed by atoms with Crippen molar-refractivity contribution in [1.29, 1.82) is 0 Å². The van der Waals surface area contributed by atoms with Crippen molar-refractivity contribution in [2.24, 2.45) is 5.92 Å².